The molecule has 60 valence electrons. The first-order valence-electron chi connectivity index (χ1n) is 3.40. The van der Waals surface area contributed by atoms with Crippen molar-refractivity contribution in [2.24, 2.45) is 0 Å². The first-order chi connectivity index (χ1) is 5.38. The SMILES string of the molecule is Oc1cccc2cccnc12.[S]. The molecule has 0 unspecified atom stereocenters. The van der Waals surface area contributed by atoms with E-state index in [-0.39, 0.29) is 19.2 Å². The van der Waals surface area contributed by atoms with E-state index in [1.807, 2.05) is 18.2 Å². The normalized spacial score (nSPS) is 9.33. The number of aromatic hydroxyl groups is 1. The van der Waals surface area contributed by atoms with Gasteiger partial charge in [-0.15, -0.1) is 0 Å². The maximum atomic E-state index is 9.31. The quantitative estimate of drug-likeness (QED) is 0.671. The Bertz CT molecular complexity index is 384. The first kappa shape index (κ1) is 8.87. The Morgan fingerprint density at radius 2 is 1.83 bits per heavy atom. The number of fused-ring (bicyclic) bond motifs is 1. The summed E-state index contributed by atoms with van der Waals surface area (Å²) in [4.78, 5) is 4.03. The van der Waals surface area contributed by atoms with Gasteiger partial charge in [-0.1, -0.05) is 18.2 Å². The van der Waals surface area contributed by atoms with Crippen LogP contribution in [-0.2, 0) is 0 Å². The molecule has 0 aliphatic heterocycles. The van der Waals surface area contributed by atoms with Gasteiger partial charge in [-0.3, -0.25) is 4.98 Å². The number of benzene rings is 1. The fourth-order valence-corrected chi connectivity index (χ4v) is 1.09. The fourth-order valence-electron chi connectivity index (χ4n) is 1.09. The second-order valence-corrected chi connectivity index (χ2v) is 2.35. The summed E-state index contributed by atoms with van der Waals surface area (Å²) >= 11 is 0. The molecule has 0 aliphatic rings. The Kier molecular flexibility index (Phi) is 2.55. The summed E-state index contributed by atoms with van der Waals surface area (Å²) in [6.45, 7) is 0. The lowest BCUT2D eigenvalue weighted by molar-refractivity contribution is 0.480. The summed E-state index contributed by atoms with van der Waals surface area (Å²) in [7, 11) is 0. The summed E-state index contributed by atoms with van der Waals surface area (Å²) in [6.07, 6.45) is 1.67. The summed E-state index contributed by atoms with van der Waals surface area (Å²) in [5.41, 5.74) is 0.662. The highest BCUT2D eigenvalue weighted by atomic mass is 32.1. The minimum Gasteiger partial charge on any atom is -0.506 e. The van der Waals surface area contributed by atoms with Crippen molar-refractivity contribution in [1.82, 2.24) is 4.98 Å². The highest BCUT2D eigenvalue weighted by molar-refractivity contribution is 7.59. The van der Waals surface area contributed by atoms with E-state index in [9.17, 15) is 5.11 Å². The van der Waals surface area contributed by atoms with E-state index < -0.39 is 0 Å². The van der Waals surface area contributed by atoms with Gasteiger partial charge in [0.15, 0.2) is 0 Å². The molecule has 2 nitrogen and oxygen atoms in total. The van der Waals surface area contributed by atoms with E-state index in [0.717, 1.165) is 5.39 Å². The number of aromatic nitrogens is 1. The molecule has 0 bridgehead atoms. The minimum absolute atomic E-state index is 0. The molecule has 0 spiro atoms. The lowest BCUT2D eigenvalue weighted by atomic mass is 10.2. The number of para-hydroxylation sites is 1. The highest BCUT2D eigenvalue weighted by Gasteiger charge is 1.96. The van der Waals surface area contributed by atoms with E-state index in [4.69, 9.17) is 0 Å². The minimum atomic E-state index is 0. The molecule has 1 aromatic carbocycles. The molecule has 1 aromatic heterocycles. The number of phenols is 1. The monoisotopic (exact) mass is 177 g/mol. The van der Waals surface area contributed by atoms with Crippen LogP contribution in [0.25, 0.3) is 10.9 Å². The molecule has 0 saturated carbocycles. The summed E-state index contributed by atoms with van der Waals surface area (Å²) in [5.74, 6) is 0.239. The standard InChI is InChI=1S/C9H7NO.S/c11-8-5-1-3-7-4-2-6-10-9(7)8;/h1-6,11H;. The van der Waals surface area contributed by atoms with Gasteiger partial charge >= 0.3 is 0 Å². The second-order valence-electron chi connectivity index (χ2n) is 2.35. The van der Waals surface area contributed by atoms with Crippen LogP contribution in [0.15, 0.2) is 36.5 Å². The molecule has 0 saturated heterocycles. The Morgan fingerprint density at radius 1 is 1.08 bits per heavy atom. The first-order valence-corrected chi connectivity index (χ1v) is 3.40. The van der Waals surface area contributed by atoms with Crippen molar-refractivity contribution in [1.29, 1.82) is 0 Å². The van der Waals surface area contributed by atoms with Crippen molar-refractivity contribution in [2.75, 3.05) is 0 Å². The topological polar surface area (TPSA) is 33.1 Å². The molecule has 2 rings (SSSR count). The Morgan fingerprint density at radius 3 is 2.58 bits per heavy atom. The zero-order valence-electron chi connectivity index (χ0n) is 6.27. The zero-order valence-corrected chi connectivity index (χ0v) is 7.08. The van der Waals surface area contributed by atoms with Crippen molar-refractivity contribution in [2.45, 2.75) is 0 Å². The molecule has 3 heteroatoms. The largest absolute Gasteiger partial charge is 0.506 e. The van der Waals surface area contributed by atoms with Crippen LogP contribution >= 0.6 is 13.5 Å². The van der Waals surface area contributed by atoms with Crippen molar-refractivity contribution >= 4 is 24.4 Å². The van der Waals surface area contributed by atoms with Gasteiger partial charge in [0.25, 0.3) is 0 Å². The fraction of sp³-hybridized carbons (Fsp3) is 0. The van der Waals surface area contributed by atoms with Gasteiger partial charge in [0.1, 0.15) is 11.3 Å². The predicted octanol–water partition coefficient (Wildman–Crippen LogP) is 2.59. The van der Waals surface area contributed by atoms with Crippen molar-refractivity contribution in [3.8, 4) is 5.75 Å². The third-order valence-electron chi connectivity index (χ3n) is 1.61. The van der Waals surface area contributed by atoms with E-state index >= 15 is 0 Å². The van der Waals surface area contributed by atoms with Crippen molar-refractivity contribution < 1.29 is 5.11 Å². The third kappa shape index (κ3) is 1.36. The van der Waals surface area contributed by atoms with E-state index in [0.29, 0.717) is 5.52 Å². The van der Waals surface area contributed by atoms with Crippen LogP contribution in [0.3, 0.4) is 0 Å². The Balaban J connectivity index is 0.000000720. The van der Waals surface area contributed by atoms with Gasteiger partial charge in [0.05, 0.1) is 0 Å². The Hall–Kier alpha value is -1.22. The smallest absolute Gasteiger partial charge is 0.141 e. The molecule has 2 radical (unpaired) electrons. The van der Waals surface area contributed by atoms with Gasteiger partial charge in [-0.25, -0.2) is 0 Å². The van der Waals surface area contributed by atoms with Crippen LogP contribution in [0.2, 0.25) is 0 Å². The molecule has 0 aliphatic carbocycles. The van der Waals surface area contributed by atoms with Gasteiger partial charge in [0, 0.05) is 25.1 Å². The molecule has 1 N–H and O–H groups in total. The van der Waals surface area contributed by atoms with Crippen LogP contribution in [0.1, 0.15) is 0 Å². The molecule has 0 amide bonds. The molecular weight excluding hydrogens is 170 g/mol. The third-order valence-corrected chi connectivity index (χ3v) is 1.61. The summed E-state index contributed by atoms with van der Waals surface area (Å²) in [6, 6.07) is 9.13. The molecule has 2 aromatic rings. The second kappa shape index (κ2) is 3.45. The maximum Gasteiger partial charge on any atom is 0.141 e. The molecular formula is C9H7NOS. The van der Waals surface area contributed by atoms with Crippen molar-refractivity contribution in [3.63, 3.8) is 0 Å². The van der Waals surface area contributed by atoms with Crippen molar-refractivity contribution in [3.05, 3.63) is 36.5 Å². The van der Waals surface area contributed by atoms with Crippen LogP contribution in [0, 0.1) is 0 Å². The average Bonchev–Trinajstić information content (AvgIpc) is 2.06. The van der Waals surface area contributed by atoms with E-state index in [2.05, 4.69) is 4.98 Å². The number of rotatable bonds is 0. The van der Waals surface area contributed by atoms with Gasteiger partial charge in [0.2, 0.25) is 0 Å². The van der Waals surface area contributed by atoms with Gasteiger partial charge < -0.3 is 5.11 Å². The van der Waals surface area contributed by atoms with Crippen LogP contribution in [0.5, 0.6) is 5.75 Å². The predicted molar refractivity (Wildman–Crippen MR) is 51.0 cm³/mol. The average molecular weight is 177 g/mol. The number of nitrogens with zero attached hydrogens (tertiary/aromatic N) is 1. The lowest BCUT2D eigenvalue weighted by Gasteiger charge is -1.96. The molecule has 0 fully saturated rings. The number of pyridine rings is 1. The number of hydrogen-bond acceptors (Lipinski definition) is 2. The van der Waals surface area contributed by atoms with Crippen LogP contribution in [0.4, 0.5) is 0 Å². The van der Waals surface area contributed by atoms with Gasteiger partial charge in [-0.05, 0) is 12.1 Å². The Labute approximate surface area is 77.3 Å². The highest BCUT2D eigenvalue weighted by Crippen LogP contribution is 2.20. The molecule has 12 heavy (non-hydrogen) atoms. The van der Waals surface area contributed by atoms with E-state index in [1.165, 1.54) is 0 Å². The molecule has 0 atom stereocenters. The lowest BCUT2D eigenvalue weighted by Crippen LogP contribution is -1.76. The maximum absolute atomic E-state index is 9.31. The summed E-state index contributed by atoms with van der Waals surface area (Å²) in [5, 5.41) is 10.3. The van der Waals surface area contributed by atoms with E-state index in [1.54, 1.807) is 18.3 Å². The van der Waals surface area contributed by atoms with Crippen LogP contribution in [-0.4, -0.2) is 10.1 Å². The van der Waals surface area contributed by atoms with Gasteiger partial charge in [-0.2, -0.15) is 0 Å². The zero-order chi connectivity index (χ0) is 7.68. The number of phenolic OH excluding ortho intramolecular Hbond substituents is 1. The number of hydrogen-bond donors (Lipinski definition) is 1. The van der Waals surface area contributed by atoms with Crippen LogP contribution < -0.4 is 0 Å². The molecule has 1 heterocycles. The summed E-state index contributed by atoms with van der Waals surface area (Å²) < 4.78 is 0.